The van der Waals surface area contributed by atoms with Crippen LogP contribution in [0.5, 0.6) is 5.75 Å². The van der Waals surface area contributed by atoms with Crippen molar-refractivity contribution in [2.45, 2.75) is 13.0 Å². The maximum Gasteiger partial charge on any atom is 0.287 e. The SMILES string of the molecule is O=C(NCCc1ccc(Cl)cc1)c1ccc(COc2ccc(F)cc2)o1. The third kappa shape index (κ3) is 5.10. The number of amides is 1. The van der Waals surface area contributed by atoms with E-state index in [0.29, 0.717) is 29.5 Å². The summed E-state index contributed by atoms with van der Waals surface area (Å²) in [5, 5.41) is 3.49. The van der Waals surface area contributed by atoms with Crippen molar-refractivity contribution in [3.05, 3.63) is 88.6 Å². The van der Waals surface area contributed by atoms with Crippen LogP contribution in [0.2, 0.25) is 5.02 Å². The van der Waals surface area contributed by atoms with Gasteiger partial charge in [0.05, 0.1) is 0 Å². The molecule has 0 saturated heterocycles. The average Bonchev–Trinajstić information content (AvgIpc) is 3.12. The smallest absolute Gasteiger partial charge is 0.287 e. The molecule has 0 fully saturated rings. The van der Waals surface area contributed by atoms with E-state index in [0.717, 1.165) is 5.56 Å². The molecule has 0 aliphatic rings. The Morgan fingerprint density at radius 1 is 1.04 bits per heavy atom. The molecule has 0 saturated carbocycles. The fraction of sp³-hybridized carbons (Fsp3) is 0.150. The number of furan rings is 1. The lowest BCUT2D eigenvalue weighted by molar-refractivity contribution is 0.0922. The van der Waals surface area contributed by atoms with Crippen molar-refractivity contribution >= 4 is 17.5 Å². The minimum absolute atomic E-state index is 0.156. The fourth-order valence-corrected chi connectivity index (χ4v) is 2.45. The van der Waals surface area contributed by atoms with Gasteiger partial charge in [0, 0.05) is 11.6 Å². The minimum Gasteiger partial charge on any atom is -0.486 e. The molecule has 1 heterocycles. The van der Waals surface area contributed by atoms with Crippen molar-refractivity contribution in [1.29, 1.82) is 0 Å². The number of hydrogen-bond acceptors (Lipinski definition) is 3. The standard InChI is InChI=1S/C20H17ClFNO3/c21-15-3-1-14(2-4-15)11-12-23-20(24)19-10-9-18(26-19)13-25-17-7-5-16(22)6-8-17/h1-10H,11-13H2,(H,23,24). The van der Waals surface area contributed by atoms with Crippen LogP contribution in [-0.2, 0) is 13.0 Å². The quantitative estimate of drug-likeness (QED) is 0.657. The van der Waals surface area contributed by atoms with Gasteiger partial charge in [-0.1, -0.05) is 23.7 Å². The van der Waals surface area contributed by atoms with Crippen LogP contribution >= 0.6 is 11.6 Å². The molecule has 26 heavy (non-hydrogen) atoms. The first kappa shape index (κ1) is 18.0. The maximum absolute atomic E-state index is 12.8. The molecular formula is C20H17ClFNO3. The maximum atomic E-state index is 12.8. The van der Waals surface area contributed by atoms with Crippen LogP contribution in [0.1, 0.15) is 21.9 Å². The molecule has 0 unspecified atom stereocenters. The van der Waals surface area contributed by atoms with Gasteiger partial charge in [0.25, 0.3) is 5.91 Å². The lowest BCUT2D eigenvalue weighted by atomic mass is 10.1. The van der Waals surface area contributed by atoms with Gasteiger partial charge in [-0.15, -0.1) is 0 Å². The van der Waals surface area contributed by atoms with Gasteiger partial charge in [0.2, 0.25) is 0 Å². The predicted molar refractivity (Wildman–Crippen MR) is 96.9 cm³/mol. The van der Waals surface area contributed by atoms with E-state index in [9.17, 15) is 9.18 Å². The van der Waals surface area contributed by atoms with Crippen molar-refractivity contribution < 1.29 is 18.3 Å². The van der Waals surface area contributed by atoms with Crippen LogP contribution in [0, 0.1) is 5.82 Å². The molecule has 3 aromatic rings. The van der Waals surface area contributed by atoms with Crippen molar-refractivity contribution in [2.24, 2.45) is 0 Å². The summed E-state index contributed by atoms with van der Waals surface area (Å²) in [6, 6.07) is 16.5. The summed E-state index contributed by atoms with van der Waals surface area (Å²) >= 11 is 5.84. The zero-order valence-electron chi connectivity index (χ0n) is 13.9. The van der Waals surface area contributed by atoms with Gasteiger partial charge in [0.15, 0.2) is 5.76 Å². The second-order valence-electron chi connectivity index (χ2n) is 5.64. The number of hydrogen-bond donors (Lipinski definition) is 1. The van der Waals surface area contributed by atoms with Gasteiger partial charge < -0.3 is 14.5 Å². The molecule has 1 amide bonds. The van der Waals surface area contributed by atoms with Crippen molar-refractivity contribution in [2.75, 3.05) is 6.54 Å². The first-order chi connectivity index (χ1) is 12.6. The largest absolute Gasteiger partial charge is 0.486 e. The molecule has 0 bridgehead atoms. The Bertz CT molecular complexity index is 860. The number of benzene rings is 2. The lowest BCUT2D eigenvalue weighted by Crippen LogP contribution is -2.25. The van der Waals surface area contributed by atoms with Gasteiger partial charge in [-0.3, -0.25) is 4.79 Å². The van der Waals surface area contributed by atoms with Gasteiger partial charge in [0.1, 0.15) is 23.9 Å². The number of carbonyl (C=O) groups is 1. The van der Waals surface area contributed by atoms with Gasteiger partial charge in [-0.05, 0) is 60.5 Å². The fourth-order valence-electron chi connectivity index (χ4n) is 2.32. The van der Waals surface area contributed by atoms with Crippen LogP contribution in [0.4, 0.5) is 4.39 Å². The average molecular weight is 374 g/mol. The van der Waals surface area contributed by atoms with Crippen LogP contribution in [-0.4, -0.2) is 12.5 Å². The van der Waals surface area contributed by atoms with Crippen LogP contribution in [0.15, 0.2) is 65.1 Å². The normalized spacial score (nSPS) is 10.5. The third-order valence-corrected chi connectivity index (χ3v) is 3.94. The molecule has 1 aromatic heterocycles. The minimum atomic E-state index is -0.326. The topological polar surface area (TPSA) is 51.5 Å². The molecule has 3 rings (SSSR count). The van der Waals surface area contributed by atoms with E-state index in [1.165, 1.54) is 24.3 Å². The number of ether oxygens (including phenoxy) is 1. The Morgan fingerprint density at radius 2 is 1.77 bits per heavy atom. The lowest BCUT2D eigenvalue weighted by Gasteiger charge is -2.05. The summed E-state index contributed by atoms with van der Waals surface area (Å²) in [5.74, 6) is 0.646. The van der Waals surface area contributed by atoms with Crippen LogP contribution < -0.4 is 10.1 Å². The predicted octanol–water partition coefficient (Wildman–Crippen LogP) is 4.62. The Balaban J connectivity index is 1.46. The summed E-state index contributed by atoms with van der Waals surface area (Å²) in [5.41, 5.74) is 1.09. The summed E-state index contributed by atoms with van der Waals surface area (Å²) in [7, 11) is 0. The molecular weight excluding hydrogens is 357 g/mol. The molecule has 0 atom stereocenters. The summed E-state index contributed by atoms with van der Waals surface area (Å²) in [6.45, 7) is 0.645. The number of carbonyl (C=O) groups excluding carboxylic acids is 1. The highest BCUT2D eigenvalue weighted by Crippen LogP contribution is 2.15. The van der Waals surface area contributed by atoms with E-state index in [-0.39, 0.29) is 24.1 Å². The van der Waals surface area contributed by atoms with Crippen LogP contribution in [0.25, 0.3) is 0 Å². The molecule has 0 aliphatic carbocycles. The Kier molecular flexibility index (Phi) is 5.92. The highest BCUT2D eigenvalue weighted by molar-refractivity contribution is 6.30. The highest BCUT2D eigenvalue weighted by Gasteiger charge is 2.11. The number of halogens is 2. The van der Waals surface area contributed by atoms with Gasteiger partial charge in [-0.2, -0.15) is 0 Å². The molecule has 6 heteroatoms. The van der Waals surface area contributed by atoms with Gasteiger partial charge >= 0.3 is 0 Å². The molecule has 2 aromatic carbocycles. The van der Waals surface area contributed by atoms with E-state index in [2.05, 4.69) is 5.32 Å². The second-order valence-corrected chi connectivity index (χ2v) is 6.08. The molecule has 4 nitrogen and oxygen atoms in total. The van der Waals surface area contributed by atoms with E-state index < -0.39 is 0 Å². The molecule has 0 spiro atoms. The second kappa shape index (κ2) is 8.54. The van der Waals surface area contributed by atoms with E-state index >= 15 is 0 Å². The molecule has 1 N–H and O–H groups in total. The number of nitrogens with one attached hydrogen (secondary N) is 1. The Morgan fingerprint density at radius 3 is 2.50 bits per heavy atom. The van der Waals surface area contributed by atoms with E-state index in [1.807, 2.05) is 24.3 Å². The van der Waals surface area contributed by atoms with Crippen molar-refractivity contribution in [3.8, 4) is 5.75 Å². The zero-order valence-corrected chi connectivity index (χ0v) is 14.6. The molecule has 134 valence electrons. The highest BCUT2D eigenvalue weighted by atomic mass is 35.5. The van der Waals surface area contributed by atoms with Crippen LogP contribution in [0.3, 0.4) is 0 Å². The van der Waals surface area contributed by atoms with E-state index in [1.54, 1.807) is 12.1 Å². The zero-order chi connectivity index (χ0) is 18.4. The monoisotopic (exact) mass is 373 g/mol. The first-order valence-corrected chi connectivity index (χ1v) is 8.48. The summed E-state index contributed by atoms with van der Waals surface area (Å²) in [6.07, 6.45) is 0.699. The summed E-state index contributed by atoms with van der Waals surface area (Å²) < 4.78 is 23.8. The Hall–Kier alpha value is -2.79. The third-order valence-electron chi connectivity index (χ3n) is 3.69. The molecule has 0 radical (unpaired) electrons. The Labute approximate surface area is 155 Å². The summed E-state index contributed by atoms with van der Waals surface area (Å²) in [4.78, 5) is 12.1. The van der Waals surface area contributed by atoms with Gasteiger partial charge in [-0.25, -0.2) is 4.39 Å². The van der Waals surface area contributed by atoms with Crippen molar-refractivity contribution in [1.82, 2.24) is 5.32 Å². The number of rotatable bonds is 7. The van der Waals surface area contributed by atoms with Crippen molar-refractivity contribution in [3.63, 3.8) is 0 Å². The molecule has 0 aliphatic heterocycles. The van der Waals surface area contributed by atoms with E-state index in [4.69, 9.17) is 20.8 Å². The first-order valence-electron chi connectivity index (χ1n) is 8.10.